The molecule has 0 amide bonds. The third-order valence-corrected chi connectivity index (χ3v) is 4.66. The zero-order valence-corrected chi connectivity index (χ0v) is 12.5. The summed E-state index contributed by atoms with van der Waals surface area (Å²) in [6.45, 7) is 2.73. The maximum absolute atomic E-state index is 10.6. The van der Waals surface area contributed by atoms with E-state index in [0.717, 1.165) is 43.0 Å². The van der Waals surface area contributed by atoms with Crippen molar-refractivity contribution in [2.75, 3.05) is 13.1 Å². The molecule has 1 atom stereocenters. The minimum absolute atomic E-state index is 0.269. The summed E-state index contributed by atoms with van der Waals surface area (Å²) in [7, 11) is 0. The Labute approximate surface area is 127 Å². The van der Waals surface area contributed by atoms with E-state index in [1.165, 1.54) is 0 Å². The normalized spacial score (nSPS) is 19.1. The van der Waals surface area contributed by atoms with Gasteiger partial charge in [0.05, 0.1) is 10.6 Å². The maximum Gasteiger partial charge on any atom is 0.303 e. The number of likely N-dealkylation sites (tertiary alicyclic amines) is 1. The molecule has 2 aromatic heterocycles. The predicted molar refractivity (Wildman–Crippen MR) is 80.1 cm³/mol. The van der Waals surface area contributed by atoms with E-state index in [-0.39, 0.29) is 6.42 Å². The van der Waals surface area contributed by atoms with Crippen LogP contribution >= 0.6 is 11.3 Å². The van der Waals surface area contributed by atoms with Gasteiger partial charge in [-0.05, 0) is 36.8 Å². The summed E-state index contributed by atoms with van der Waals surface area (Å²) in [5.41, 5.74) is 0.942. The van der Waals surface area contributed by atoms with Crippen LogP contribution in [0, 0.1) is 5.92 Å². The molecular weight excluding hydrogens is 288 g/mol. The summed E-state index contributed by atoms with van der Waals surface area (Å²) in [5, 5.41) is 10.7. The number of nitrogens with zero attached hydrogens (tertiary/aromatic N) is 2. The second kappa shape index (κ2) is 6.41. The standard InChI is InChI=1S/C15H18N2O3S/c18-14(19)4-3-11-5-6-17(8-11)9-12-10-20-15(16-12)13-2-1-7-21-13/h1-2,7,10-11H,3-6,8-9H2,(H,18,19). The second-order valence-electron chi connectivity index (χ2n) is 5.44. The van der Waals surface area contributed by atoms with Gasteiger partial charge in [-0.3, -0.25) is 9.69 Å². The van der Waals surface area contributed by atoms with Crippen LogP contribution < -0.4 is 0 Å². The SMILES string of the molecule is O=C(O)CCC1CCN(Cc2coc(-c3cccs3)n2)C1. The Hall–Kier alpha value is -1.66. The van der Waals surface area contributed by atoms with Crippen molar-refractivity contribution in [2.45, 2.75) is 25.8 Å². The number of hydrogen-bond acceptors (Lipinski definition) is 5. The summed E-state index contributed by atoms with van der Waals surface area (Å²) in [6.07, 6.45) is 3.83. The number of rotatable bonds is 6. The largest absolute Gasteiger partial charge is 0.481 e. The first-order valence-corrected chi connectivity index (χ1v) is 8.01. The van der Waals surface area contributed by atoms with E-state index < -0.39 is 5.97 Å². The Balaban J connectivity index is 1.52. The lowest BCUT2D eigenvalue weighted by atomic mass is 10.0. The second-order valence-corrected chi connectivity index (χ2v) is 6.39. The lowest BCUT2D eigenvalue weighted by Crippen LogP contribution is -2.20. The Morgan fingerprint density at radius 3 is 3.24 bits per heavy atom. The molecule has 1 N–H and O–H groups in total. The summed E-state index contributed by atoms with van der Waals surface area (Å²) >= 11 is 1.62. The molecule has 0 aromatic carbocycles. The Kier molecular flexibility index (Phi) is 4.36. The number of carbonyl (C=O) groups is 1. The van der Waals surface area contributed by atoms with Gasteiger partial charge in [0.1, 0.15) is 6.26 Å². The average molecular weight is 306 g/mol. The number of aliphatic carboxylic acids is 1. The molecule has 0 radical (unpaired) electrons. The smallest absolute Gasteiger partial charge is 0.303 e. The van der Waals surface area contributed by atoms with E-state index >= 15 is 0 Å². The summed E-state index contributed by atoms with van der Waals surface area (Å²) in [4.78, 5) is 18.5. The number of thiophene rings is 1. The minimum atomic E-state index is -0.703. The highest BCUT2D eigenvalue weighted by atomic mass is 32.1. The van der Waals surface area contributed by atoms with Gasteiger partial charge >= 0.3 is 5.97 Å². The molecule has 0 bridgehead atoms. The summed E-state index contributed by atoms with van der Waals surface area (Å²) in [5.74, 6) is 0.469. The van der Waals surface area contributed by atoms with Crippen molar-refractivity contribution in [1.29, 1.82) is 0 Å². The van der Waals surface area contributed by atoms with Crippen molar-refractivity contribution in [3.05, 3.63) is 29.5 Å². The molecule has 6 heteroatoms. The van der Waals surface area contributed by atoms with E-state index in [0.29, 0.717) is 11.8 Å². The summed E-state index contributed by atoms with van der Waals surface area (Å²) < 4.78 is 5.52. The van der Waals surface area contributed by atoms with E-state index in [1.807, 2.05) is 17.5 Å². The van der Waals surface area contributed by atoms with Crippen LogP contribution in [0.3, 0.4) is 0 Å². The highest BCUT2D eigenvalue weighted by Gasteiger charge is 2.23. The third-order valence-electron chi connectivity index (χ3n) is 3.81. The number of oxazole rings is 1. The Morgan fingerprint density at radius 2 is 2.48 bits per heavy atom. The van der Waals surface area contributed by atoms with Gasteiger partial charge in [0.25, 0.3) is 0 Å². The lowest BCUT2D eigenvalue weighted by Gasteiger charge is -2.13. The molecule has 1 fully saturated rings. The average Bonchev–Trinajstić information content (AvgIpc) is 3.18. The number of carboxylic acid groups (broad SMARTS) is 1. The van der Waals surface area contributed by atoms with E-state index in [9.17, 15) is 4.79 Å². The molecule has 0 aliphatic carbocycles. The number of carboxylic acids is 1. The fourth-order valence-corrected chi connectivity index (χ4v) is 3.40. The lowest BCUT2D eigenvalue weighted by molar-refractivity contribution is -0.137. The molecule has 3 heterocycles. The van der Waals surface area contributed by atoms with Crippen molar-refractivity contribution in [3.8, 4) is 10.8 Å². The molecule has 1 unspecified atom stereocenters. The quantitative estimate of drug-likeness (QED) is 0.888. The van der Waals surface area contributed by atoms with Crippen LogP contribution in [-0.2, 0) is 11.3 Å². The summed E-state index contributed by atoms with van der Waals surface area (Å²) in [6, 6.07) is 3.98. The van der Waals surface area contributed by atoms with E-state index in [1.54, 1.807) is 17.6 Å². The molecule has 3 rings (SSSR count). The van der Waals surface area contributed by atoms with Gasteiger partial charge in [-0.1, -0.05) is 6.07 Å². The zero-order chi connectivity index (χ0) is 14.7. The van der Waals surface area contributed by atoms with Gasteiger partial charge in [-0.15, -0.1) is 11.3 Å². The van der Waals surface area contributed by atoms with Crippen molar-refractivity contribution in [1.82, 2.24) is 9.88 Å². The molecule has 0 spiro atoms. The molecule has 5 nitrogen and oxygen atoms in total. The van der Waals surface area contributed by atoms with Crippen molar-refractivity contribution in [2.24, 2.45) is 5.92 Å². The van der Waals surface area contributed by atoms with Gasteiger partial charge in [-0.25, -0.2) is 4.98 Å². The third kappa shape index (κ3) is 3.71. The van der Waals surface area contributed by atoms with Gasteiger partial charge in [0, 0.05) is 19.5 Å². The Morgan fingerprint density at radius 1 is 1.57 bits per heavy atom. The fraction of sp³-hybridized carbons (Fsp3) is 0.467. The molecule has 1 aliphatic rings. The van der Waals surface area contributed by atoms with Crippen molar-refractivity contribution in [3.63, 3.8) is 0 Å². The Bertz CT molecular complexity index is 594. The molecular formula is C15H18N2O3S. The first-order valence-electron chi connectivity index (χ1n) is 7.13. The minimum Gasteiger partial charge on any atom is -0.481 e. The number of hydrogen-bond donors (Lipinski definition) is 1. The van der Waals surface area contributed by atoms with Crippen LogP contribution in [-0.4, -0.2) is 34.0 Å². The van der Waals surface area contributed by atoms with Crippen LogP contribution in [0.1, 0.15) is 25.0 Å². The highest BCUT2D eigenvalue weighted by molar-refractivity contribution is 7.13. The molecule has 21 heavy (non-hydrogen) atoms. The van der Waals surface area contributed by atoms with Crippen LogP contribution in [0.4, 0.5) is 0 Å². The molecule has 2 aromatic rings. The van der Waals surface area contributed by atoms with Crippen molar-refractivity contribution < 1.29 is 14.3 Å². The van der Waals surface area contributed by atoms with Crippen LogP contribution in [0.25, 0.3) is 10.8 Å². The first-order chi connectivity index (χ1) is 10.2. The van der Waals surface area contributed by atoms with Crippen LogP contribution in [0.2, 0.25) is 0 Å². The topological polar surface area (TPSA) is 66.6 Å². The van der Waals surface area contributed by atoms with E-state index in [2.05, 4.69) is 9.88 Å². The molecule has 1 aliphatic heterocycles. The molecule has 0 saturated carbocycles. The van der Waals surface area contributed by atoms with Gasteiger partial charge < -0.3 is 9.52 Å². The van der Waals surface area contributed by atoms with Gasteiger partial charge in [0.2, 0.25) is 5.89 Å². The fourth-order valence-electron chi connectivity index (χ4n) is 2.74. The first kappa shape index (κ1) is 14.3. The van der Waals surface area contributed by atoms with Gasteiger partial charge in [-0.2, -0.15) is 0 Å². The molecule has 1 saturated heterocycles. The van der Waals surface area contributed by atoms with Gasteiger partial charge in [0.15, 0.2) is 0 Å². The van der Waals surface area contributed by atoms with Crippen molar-refractivity contribution >= 4 is 17.3 Å². The maximum atomic E-state index is 10.6. The highest BCUT2D eigenvalue weighted by Crippen LogP contribution is 2.26. The number of aromatic nitrogens is 1. The van der Waals surface area contributed by atoms with Crippen LogP contribution in [0.5, 0.6) is 0 Å². The predicted octanol–water partition coefficient (Wildman–Crippen LogP) is 3.09. The molecule has 112 valence electrons. The van der Waals surface area contributed by atoms with Crippen LogP contribution in [0.15, 0.2) is 28.2 Å². The zero-order valence-electron chi connectivity index (χ0n) is 11.7. The van der Waals surface area contributed by atoms with E-state index in [4.69, 9.17) is 9.52 Å². The monoisotopic (exact) mass is 306 g/mol.